The molecule has 6 nitrogen and oxygen atoms in total. The zero-order valence-electron chi connectivity index (χ0n) is 19.9. The molecule has 0 aliphatic carbocycles. The number of ether oxygens (including phenoxy) is 4. The Morgan fingerprint density at radius 2 is 1.76 bits per heavy atom. The molecular formula is C28H30N2O4. The van der Waals surface area contributed by atoms with Gasteiger partial charge in [0.25, 0.3) is 0 Å². The van der Waals surface area contributed by atoms with Gasteiger partial charge in [0.05, 0.1) is 32.6 Å². The van der Waals surface area contributed by atoms with Gasteiger partial charge < -0.3 is 18.9 Å². The van der Waals surface area contributed by atoms with E-state index in [1.807, 2.05) is 42.5 Å². The van der Waals surface area contributed by atoms with Crippen molar-refractivity contribution in [1.82, 2.24) is 5.01 Å². The zero-order valence-corrected chi connectivity index (χ0v) is 19.9. The molecule has 0 N–H and O–H groups in total. The maximum Gasteiger partial charge on any atom is 0.213 e. The first-order valence-electron chi connectivity index (χ1n) is 11.8. The quantitative estimate of drug-likeness (QED) is 0.380. The third-order valence-corrected chi connectivity index (χ3v) is 6.35. The maximum absolute atomic E-state index is 6.47. The van der Waals surface area contributed by atoms with Gasteiger partial charge in [-0.05, 0) is 55.0 Å². The van der Waals surface area contributed by atoms with Crippen molar-refractivity contribution in [3.63, 3.8) is 0 Å². The highest BCUT2D eigenvalue weighted by Gasteiger charge is 2.40. The highest BCUT2D eigenvalue weighted by atomic mass is 16.5. The summed E-state index contributed by atoms with van der Waals surface area (Å²) < 4.78 is 23.2. The van der Waals surface area contributed by atoms with Crippen molar-refractivity contribution in [1.29, 1.82) is 0 Å². The molecule has 2 atom stereocenters. The molecule has 0 spiro atoms. The number of hydrazone groups is 1. The number of benzene rings is 3. The molecule has 2 aliphatic rings. The van der Waals surface area contributed by atoms with Gasteiger partial charge in [-0.15, -0.1) is 0 Å². The highest BCUT2D eigenvalue weighted by molar-refractivity contribution is 6.02. The predicted octanol–water partition coefficient (Wildman–Crippen LogP) is 6.13. The van der Waals surface area contributed by atoms with E-state index in [-0.39, 0.29) is 12.3 Å². The van der Waals surface area contributed by atoms with Crippen molar-refractivity contribution in [3.05, 3.63) is 83.4 Å². The second-order valence-electron chi connectivity index (χ2n) is 8.50. The summed E-state index contributed by atoms with van der Waals surface area (Å²) in [6.07, 6.45) is 2.63. The first-order chi connectivity index (χ1) is 16.7. The standard InChI is InChI=1S/C28H30N2O4/c1-4-5-16-33-21-13-10-19(11-14-21)28-30-24(22-8-6-7-9-25(22)34-28)18-23(29-30)20-12-15-26(31-2)27(17-20)32-3/h6-15,17,24,28H,4-5,16,18H2,1-3H3/t24-,28-/m0/s1. The minimum absolute atomic E-state index is 0.0959. The number of methoxy groups -OCH3 is 2. The van der Waals surface area contributed by atoms with Crippen molar-refractivity contribution >= 4 is 5.71 Å². The van der Waals surface area contributed by atoms with Gasteiger partial charge >= 0.3 is 0 Å². The Hall–Kier alpha value is -3.67. The molecule has 34 heavy (non-hydrogen) atoms. The van der Waals surface area contributed by atoms with Crippen molar-refractivity contribution < 1.29 is 18.9 Å². The lowest BCUT2D eigenvalue weighted by atomic mass is 9.96. The number of fused-ring (bicyclic) bond motifs is 3. The monoisotopic (exact) mass is 458 g/mol. The van der Waals surface area contributed by atoms with Gasteiger partial charge in [0.2, 0.25) is 6.23 Å². The van der Waals surface area contributed by atoms with Crippen molar-refractivity contribution in [2.24, 2.45) is 5.10 Å². The van der Waals surface area contributed by atoms with Crippen LogP contribution in [0.1, 0.15) is 55.1 Å². The van der Waals surface area contributed by atoms with Gasteiger partial charge in [-0.2, -0.15) is 5.10 Å². The van der Waals surface area contributed by atoms with Gasteiger partial charge in [-0.25, -0.2) is 5.01 Å². The van der Waals surface area contributed by atoms with Crippen LogP contribution < -0.4 is 18.9 Å². The Kier molecular flexibility index (Phi) is 6.30. The lowest BCUT2D eigenvalue weighted by molar-refractivity contribution is -0.0190. The summed E-state index contributed by atoms with van der Waals surface area (Å²) in [6, 6.07) is 22.4. The molecule has 0 saturated carbocycles. The summed E-state index contributed by atoms with van der Waals surface area (Å²) in [4.78, 5) is 0. The van der Waals surface area contributed by atoms with Crippen LogP contribution >= 0.6 is 0 Å². The Bertz CT molecular complexity index is 1180. The maximum atomic E-state index is 6.47. The van der Waals surface area contributed by atoms with E-state index in [1.165, 1.54) is 0 Å². The smallest absolute Gasteiger partial charge is 0.213 e. The molecule has 2 aliphatic heterocycles. The average molecular weight is 459 g/mol. The van der Waals surface area contributed by atoms with Gasteiger partial charge in [-0.1, -0.05) is 31.5 Å². The van der Waals surface area contributed by atoms with E-state index in [0.29, 0.717) is 11.5 Å². The molecule has 176 valence electrons. The number of unbranched alkanes of at least 4 members (excludes halogenated alkanes) is 1. The lowest BCUT2D eigenvalue weighted by Gasteiger charge is -2.38. The minimum atomic E-state index is -0.317. The van der Waals surface area contributed by atoms with E-state index < -0.39 is 0 Å². The van der Waals surface area contributed by atoms with E-state index >= 15 is 0 Å². The van der Waals surface area contributed by atoms with E-state index in [9.17, 15) is 0 Å². The van der Waals surface area contributed by atoms with Crippen molar-refractivity contribution in [3.8, 4) is 23.0 Å². The van der Waals surface area contributed by atoms with Crippen LogP contribution in [-0.2, 0) is 0 Å². The third kappa shape index (κ3) is 4.16. The van der Waals surface area contributed by atoms with E-state index in [1.54, 1.807) is 14.2 Å². The summed E-state index contributed by atoms with van der Waals surface area (Å²) in [6.45, 7) is 2.89. The molecule has 0 radical (unpaired) electrons. The van der Waals surface area contributed by atoms with Crippen LogP contribution in [0, 0.1) is 0 Å². The first kappa shape index (κ1) is 22.1. The zero-order chi connectivity index (χ0) is 23.5. The first-order valence-corrected chi connectivity index (χ1v) is 11.8. The summed E-state index contributed by atoms with van der Waals surface area (Å²) in [5.74, 6) is 3.18. The fourth-order valence-electron chi connectivity index (χ4n) is 4.51. The molecule has 0 amide bonds. The molecule has 6 heteroatoms. The fraction of sp³-hybridized carbons (Fsp3) is 0.321. The van der Waals surface area contributed by atoms with Gasteiger partial charge in [0.1, 0.15) is 11.5 Å². The van der Waals surface area contributed by atoms with Crippen LogP contribution in [-0.4, -0.2) is 31.5 Å². The van der Waals surface area contributed by atoms with E-state index in [4.69, 9.17) is 24.0 Å². The van der Waals surface area contributed by atoms with Crippen LogP contribution in [0.3, 0.4) is 0 Å². The number of nitrogens with zero attached hydrogens (tertiary/aromatic N) is 2. The molecule has 0 aromatic heterocycles. The topological polar surface area (TPSA) is 52.5 Å². The summed E-state index contributed by atoms with van der Waals surface area (Å²) in [5.41, 5.74) is 4.20. The van der Waals surface area contributed by atoms with Crippen LogP contribution in [0.25, 0.3) is 0 Å². The molecule has 0 fully saturated rings. The molecule has 0 bridgehead atoms. The van der Waals surface area contributed by atoms with Crippen molar-refractivity contribution in [2.75, 3.05) is 20.8 Å². The molecule has 5 rings (SSSR count). The van der Waals surface area contributed by atoms with Gasteiger partial charge in [0, 0.05) is 23.1 Å². The van der Waals surface area contributed by atoms with Crippen molar-refractivity contribution in [2.45, 2.75) is 38.5 Å². The lowest BCUT2D eigenvalue weighted by Crippen LogP contribution is -2.33. The molecular weight excluding hydrogens is 428 g/mol. The Balaban J connectivity index is 1.47. The van der Waals surface area contributed by atoms with Crippen LogP contribution in [0.5, 0.6) is 23.0 Å². The molecule has 3 aromatic rings. The van der Waals surface area contributed by atoms with Crippen LogP contribution in [0.2, 0.25) is 0 Å². The van der Waals surface area contributed by atoms with Gasteiger partial charge in [-0.3, -0.25) is 0 Å². The van der Waals surface area contributed by atoms with E-state index in [2.05, 4.69) is 36.2 Å². The van der Waals surface area contributed by atoms with Gasteiger partial charge in [0.15, 0.2) is 11.5 Å². The normalized spacial score (nSPS) is 18.4. The van der Waals surface area contributed by atoms with E-state index in [0.717, 1.165) is 59.8 Å². The number of hydrogen-bond donors (Lipinski definition) is 0. The molecule has 0 unspecified atom stereocenters. The SMILES string of the molecule is CCCCOc1ccc([C@@H]2Oc3ccccc3[C@@H]3CC(c4ccc(OC)c(OC)c4)=NN32)cc1. The number of hydrogen-bond acceptors (Lipinski definition) is 6. The summed E-state index contributed by atoms with van der Waals surface area (Å²) in [5, 5.41) is 7.13. The molecule has 0 saturated heterocycles. The Morgan fingerprint density at radius 1 is 0.971 bits per heavy atom. The highest BCUT2D eigenvalue weighted by Crippen LogP contribution is 2.47. The second-order valence-corrected chi connectivity index (χ2v) is 8.50. The van der Waals surface area contributed by atoms with Crippen LogP contribution in [0.4, 0.5) is 0 Å². The van der Waals surface area contributed by atoms with Crippen LogP contribution in [0.15, 0.2) is 71.8 Å². The summed E-state index contributed by atoms with van der Waals surface area (Å²) in [7, 11) is 3.29. The second kappa shape index (κ2) is 9.67. The summed E-state index contributed by atoms with van der Waals surface area (Å²) >= 11 is 0. The minimum Gasteiger partial charge on any atom is -0.494 e. The fourth-order valence-corrected chi connectivity index (χ4v) is 4.51. The number of para-hydroxylation sites is 1. The third-order valence-electron chi connectivity index (χ3n) is 6.35. The largest absolute Gasteiger partial charge is 0.494 e. The average Bonchev–Trinajstić information content (AvgIpc) is 3.34. The molecule has 3 aromatic carbocycles. The predicted molar refractivity (Wildman–Crippen MR) is 132 cm³/mol. The Morgan fingerprint density at radius 3 is 2.53 bits per heavy atom. The Labute approximate surface area is 200 Å². The number of rotatable bonds is 8. The molecule has 2 heterocycles.